The van der Waals surface area contributed by atoms with Gasteiger partial charge in [0, 0.05) is 12.6 Å². The van der Waals surface area contributed by atoms with Gasteiger partial charge in [0.2, 0.25) is 17.7 Å². The Balaban J connectivity index is 1.36. The lowest BCUT2D eigenvalue weighted by Crippen LogP contribution is -2.49. The van der Waals surface area contributed by atoms with Crippen LogP contribution in [0.3, 0.4) is 0 Å². The van der Waals surface area contributed by atoms with Crippen molar-refractivity contribution in [3.63, 3.8) is 0 Å². The molecule has 1 aliphatic heterocycles. The molecule has 3 aliphatic rings. The van der Waals surface area contributed by atoms with Crippen LogP contribution in [0.1, 0.15) is 58.3 Å². The molecule has 3 atom stereocenters. The third-order valence-corrected chi connectivity index (χ3v) is 5.57. The van der Waals surface area contributed by atoms with E-state index < -0.39 is 0 Å². The maximum atomic E-state index is 12.4. The molecule has 2 N–H and O–H groups in total. The third kappa shape index (κ3) is 5.43. The van der Waals surface area contributed by atoms with Crippen molar-refractivity contribution in [2.24, 2.45) is 5.92 Å². The molecule has 2 aliphatic carbocycles. The molecule has 3 rings (SSSR count). The van der Waals surface area contributed by atoms with Crippen LogP contribution in [0.15, 0.2) is 0 Å². The normalized spacial score (nSPS) is 28.7. The third-order valence-electron chi connectivity index (χ3n) is 5.57. The number of rotatable bonds is 7. The molecule has 0 radical (unpaired) electrons. The highest BCUT2D eigenvalue weighted by Crippen LogP contribution is 2.25. The van der Waals surface area contributed by atoms with Crippen LogP contribution < -0.4 is 10.6 Å². The minimum absolute atomic E-state index is 0.00371. The number of ether oxygens (including phenoxy) is 1. The van der Waals surface area contributed by atoms with Gasteiger partial charge in [-0.05, 0) is 44.4 Å². The summed E-state index contributed by atoms with van der Waals surface area (Å²) in [7, 11) is 0. The number of hydrogen-bond donors (Lipinski definition) is 2. The van der Waals surface area contributed by atoms with Crippen molar-refractivity contribution < 1.29 is 19.1 Å². The van der Waals surface area contributed by atoms with Gasteiger partial charge in [-0.25, -0.2) is 0 Å². The summed E-state index contributed by atoms with van der Waals surface area (Å²) < 4.78 is 5.68. The number of amides is 3. The van der Waals surface area contributed by atoms with E-state index in [0.29, 0.717) is 24.9 Å². The zero-order valence-corrected chi connectivity index (χ0v) is 15.7. The molecule has 0 unspecified atom stereocenters. The monoisotopic (exact) mass is 365 g/mol. The number of carbonyl (C=O) groups is 3. The van der Waals surface area contributed by atoms with Crippen molar-refractivity contribution in [2.75, 3.05) is 19.7 Å². The Morgan fingerprint density at radius 2 is 1.88 bits per heavy atom. The first-order valence-electron chi connectivity index (χ1n) is 10.0. The SMILES string of the molecule is C[C@H]1CCC[C@@H](OCC(=O)NCC(=O)N2CCC[C@H]2C(=O)NC2CC2)C1. The van der Waals surface area contributed by atoms with Gasteiger partial charge < -0.3 is 20.3 Å². The molecule has 1 heterocycles. The van der Waals surface area contributed by atoms with Gasteiger partial charge in [-0.15, -0.1) is 0 Å². The van der Waals surface area contributed by atoms with Gasteiger partial charge in [0.25, 0.3) is 0 Å². The van der Waals surface area contributed by atoms with E-state index in [-0.39, 0.29) is 43.0 Å². The van der Waals surface area contributed by atoms with E-state index in [0.717, 1.165) is 38.5 Å². The number of nitrogens with one attached hydrogen (secondary N) is 2. The summed E-state index contributed by atoms with van der Waals surface area (Å²) in [4.78, 5) is 38.2. The molecular formula is C19H31N3O4. The first-order chi connectivity index (χ1) is 12.5. The molecule has 0 bridgehead atoms. The van der Waals surface area contributed by atoms with Crippen LogP contribution in [-0.2, 0) is 19.1 Å². The first-order valence-corrected chi connectivity index (χ1v) is 10.0. The topological polar surface area (TPSA) is 87.7 Å². The highest BCUT2D eigenvalue weighted by atomic mass is 16.5. The van der Waals surface area contributed by atoms with Crippen LogP contribution >= 0.6 is 0 Å². The average molecular weight is 365 g/mol. The molecule has 7 heteroatoms. The number of carbonyl (C=O) groups excluding carboxylic acids is 3. The van der Waals surface area contributed by atoms with E-state index in [4.69, 9.17) is 4.74 Å². The summed E-state index contributed by atoms with van der Waals surface area (Å²) in [6.45, 7) is 2.71. The van der Waals surface area contributed by atoms with E-state index >= 15 is 0 Å². The molecule has 26 heavy (non-hydrogen) atoms. The van der Waals surface area contributed by atoms with E-state index in [1.54, 1.807) is 4.90 Å². The highest BCUT2D eigenvalue weighted by Gasteiger charge is 2.36. The van der Waals surface area contributed by atoms with Gasteiger partial charge >= 0.3 is 0 Å². The Bertz CT molecular complexity index is 535. The second-order valence-electron chi connectivity index (χ2n) is 8.01. The van der Waals surface area contributed by atoms with E-state index in [9.17, 15) is 14.4 Å². The maximum absolute atomic E-state index is 12.4. The van der Waals surface area contributed by atoms with Crippen molar-refractivity contribution in [2.45, 2.75) is 76.5 Å². The molecule has 3 amide bonds. The number of nitrogens with zero attached hydrogens (tertiary/aromatic N) is 1. The summed E-state index contributed by atoms with van der Waals surface area (Å²) in [5.74, 6) is 0.125. The molecule has 2 saturated carbocycles. The van der Waals surface area contributed by atoms with Gasteiger partial charge in [0.15, 0.2) is 0 Å². The zero-order chi connectivity index (χ0) is 18.5. The quantitative estimate of drug-likeness (QED) is 0.704. The summed E-state index contributed by atoms with van der Waals surface area (Å²) in [6.07, 6.45) is 8.10. The van der Waals surface area contributed by atoms with Gasteiger partial charge in [0.1, 0.15) is 12.6 Å². The lowest BCUT2D eigenvalue weighted by molar-refractivity contribution is -0.139. The zero-order valence-electron chi connectivity index (χ0n) is 15.7. The largest absolute Gasteiger partial charge is 0.368 e. The second-order valence-corrected chi connectivity index (χ2v) is 8.01. The van der Waals surface area contributed by atoms with Crippen molar-refractivity contribution in [3.05, 3.63) is 0 Å². The Morgan fingerprint density at radius 1 is 1.08 bits per heavy atom. The minimum atomic E-state index is -0.389. The Labute approximate surface area is 155 Å². The van der Waals surface area contributed by atoms with Crippen molar-refractivity contribution in [3.8, 4) is 0 Å². The lowest BCUT2D eigenvalue weighted by Gasteiger charge is -2.26. The van der Waals surface area contributed by atoms with Crippen LogP contribution in [0.4, 0.5) is 0 Å². The van der Waals surface area contributed by atoms with Crippen LogP contribution in [0.25, 0.3) is 0 Å². The smallest absolute Gasteiger partial charge is 0.246 e. The van der Waals surface area contributed by atoms with E-state index in [2.05, 4.69) is 17.6 Å². The maximum Gasteiger partial charge on any atom is 0.246 e. The fourth-order valence-corrected chi connectivity index (χ4v) is 3.91. The van der Waals surface area contributed by atoms with Crippen LogP contribution in [-0.4, -0.2) is 60.5 Å². The fraction of sp³-hybridized carbons (Fsp3) is 0.842. The minimum Gasteiger partial charge on any atom is -0.368 e. The summed E-state index contributed by atoms with van der Waals surface area (Å²) in [5, 5.41) is 5.60. The fourth-order valence-electron chi connectivity index (χ4n) is 3.91. The molecule has 146 valence electrons. The van der Waals surface area contributed by atoms with Gasteiger partial charge in [-0.1, -0.05) is 19.8 Å². The van der Waals surface area contributed by atoms with Gasteiger partial charge in [-0.2, -0.15) is 0 Å². The predicted molar refractivity (Wildman–Crippen MR) is 96.3 cm³/mol. The van der Waals surface area contributed by atoms with E-state index in [1.165, 1.54) is 6.42 Å². The summed E-state index contributed by atoms with van der Waals surface area (Å²) >= 11 is 0. The number of likely N-dealkylation sites (tertiary alicyclic amines) is 1. The summed E-state index contributed by atoms with van der Waals surface area (Å²) in [5.41, 5.74) is 0. The Hall–Kier alpha value is -1.63. The Kier molecular flexibility index (Phi) is 6.51. The van der Waals surface area contributed by atoms with Crippen molar-refractivity contribution in [1.82, 2.24) is 15.5 Å². The first kappa shape index (κ1) is 19.1. The lowest BCUT2D eigenvalue weighted by atomic mass is 9.89. The van der Waals surface area contributed by atoms with E-state index in [1.807, 2.05) is 0 Å². The molecule has 0 aromatic carbocycles. The molecule has 3 fully saturated rings. The molecule has 0 aromatic heterocycles. The van der Waals surface area contributed by atoms with Crippen LogP contribution in [0, 0.1) is 5.92 Å². The summed E-state index contributed by atoms with van der Waals surface area (Å²) in [6, 6.07) is -0.0978. The molecule has 0 spiro atoms. The van der Waals surface area contributed by atoms with Crippen LogP contribution in [0.5, 0.6) is 0 Å². The molecule has 0 aromatic rings. The molecule has 1 saturated heterocycles. The van der Waals surface area contributed by atoms with Crippen molar-refractivity contribution >= 4 is 17.7 Å². The number of hydrogen-bond acceptors (Lipinski definition) is 4. The molecule has 7 nitrogen and oxygen atoms in total. The van der Waals surface area contributed by atoms with Crippen LogP contribution in [0.2, 0.25) is 0 Å². The highest BCUT2D eigenvalue weighted by molar-refractivity contribution is 5.91. The second kappa shape index (κ2) is 8.84. The van der Waals surface area contributed by atoms with Crippen molar-refractivity contribution in [1.29, 1.82) is 0 Å². The predicted octanol–water partition coefficient (Wildman–Crippen LogP) is 0.968. The van der Waals surface area contributed by atoms with Gasteiger partial charge in [0.05, 0.1) is 12.6 Å². The standard InChI is InChI=1S/C19H31N3O4/c1-13-4-2-5-15(10-13)26-12-17(23)20-11-18(24)22-9-3-6-16(22)19(25)21-14-7-8-14/h13-16H,2-12H2,1H3,(H,20,23)(H,21,25)/t13-,15+,16-/m0/s1. The average Bonchev–Trinajstić information content (AvgIpc) is 3.29. The van der Waals surface area contributed by atoms with Gasteiger partial charge in [-0.3, -0.25) is 14.4 Å². The molecular weight excluding hydrogens is 334 g/mol. The Morgan fingerprint density at radius 3 is 2.62 bits per heavy atom.